The zero-order chi connectivity index (χ0) is 11.8. The molecule has 86 valence electrons. The van der Waals surface area contributed by atoms with Gasteiger partial charge in [0.1, 0.15) is 0 Å². The Labute approximate surface area is 94.1 Å². The van der Waals surface area contributed by atoms with Crippen LogP contribution in [0.5, 0.6) is 0 Å². The van der Waals surface area contributed by atoms with Crippen molar-refractivity contribution >= 4 is 5.69 Å². The van der Waals surface area contributed by atoms with Crippen LogP contribution in [0.25, 0.3) is 0 Å². The molecule has 0 amide bonds. The second-order valence-corrected chi connectivity index (χ2v) is 4.55. The summed E-state index contributed by atoms with van der Waals surface area (Å²) in [7, 11) is 0. The first-order valence-corrected chi connectivity index (χ1v) is 5.45. The number of benzene rings is 1. The molecule has 0 heterocycles. The zero-order valence-corrected chi connectivity index (χ0v) is 9.27. The van der Waals surface area contributed by atoms with Crippen LogP contribution in [-0.2, 0) is 5.41 Å². The van der Waals surface area contributed by atoms with E-state index in [0.29, 0.717) is 0 Å². The molecule has 1 aliphatic rings. The summed E-state index contributed by atoms with van der Waals surface area (Å²) >= 11 is 0. The molecule has 1 aromatic carbocycles. The number of aliphatic hydroxyl groups is 1. The molecule has 1 saturated carbocycles. The molecule has 0 atom stereocenters. The van der Waals surface area contributed by atoms with Crippen LogP contribution in [0.2, 0.25) is 0 Å². The van der Waals surface area contributed by atoms with Crippen molar-refractivity contribution in [3.63, 3.8) is 0 Å². The third kappa shape index (κ3) is 1.59. The largest absolute Gasteiger partial charge is 0.395 e. The van der Waals surface area contributed by atoms with Gasteiger partial charge in [0.05, 0.1) is 11.5 Å². The molecule has 0 aliphatic heterocycles. The number of nitrogens with zero attached hydrogens (tertiary/aromatic N) is 1. The van der Waals surface area contributed by atoms with Crippen LogP contribution in [0.3, 0.4) is 0 Å². The van der Waals surface area contributed by atoms with E-state index in [-0.39, 0.29) is 22.6 Å². The normalized spacial score (nSPS) is 17.9. The summed E-state index contributed by atoms with van der Waals surface area (Å²) < 4.78 is 0. The van der Waals surface area contributed by atoms with Crippen LogP contribution < -0.4 is 0 Å². The van der Waals surface area contributed by atoms with E-state index in [4.69, 9.17) is 0 Å². The van der Waals surface area contributed by atoms with Crippen molar-refractivity contribution < 1.29 is 10.0 Å². The molecule has 0 saturated heterocycles. The van der Waals surface area contributed by atoms with E-state index in [0.717, 1.165) is 30.4 Å². The van der Waals surface area contributed by atoms with Gasteiger partial charge in [-0.2, -0.15) is 0 Å². The van der Waals surface area contributed by atoms with Crippen LogP contribution >= 0.6 is 0 Å². The number of nitro groups is 1. The number of nitro benzene ring substituents is 1. The van der Waals surface area contributed by atoms with Gasteiger partial charge in [-0.15, -0.1) is 0 Å². The lowest BCUT2D eigenvalue weighted by molar-refractivity contribution is -0.385. The highest BCUT2D eigenvalue weighted by atomic mass is 16.6. The number of rotatable bonds is 3. The van der Waals surface area contributed by atoms with E-state index >= 15 is 0 Å². The van der Waals surface area contributed by atoms with Crippen LogP contribution in [-0.4, -0.2) is 16.6 Å². The molecule has 0 unspecified atom stereocenters. The first-order chi connectivity index (χ1) is 7.59. The number of non-ortho nitro benzene ring substituents is 1. The fraction of sp³-hybridized carbons (Fsp3) is 0.500. The maximum atomic E-state index is 10.7. The van der Waals surface area contributed by atoms with Gasteiger partial charge in [0, 0.05) is 17.5 Å². The van der Waals surface area contributed by atoms with Gasteiger partial charge in [-0.3, -0.25) is 10.1 Å². The first kappa shape index (κ1) is 11.1. The minimum atomic E-state index is -0.382. The summed E-state index contributed by atoms with van der Waals surface area (Å²) in [5.74, 6) is 0. The van der Waals surface area contributed by atoms with Gasteiger partial charge in [-0.05, 0) is 30.9 Å². The van der Waals surface area contributed by atoms with Gasteiger partial charge in [0.15, 0.2) is 0 Å². The first-order valence-electron chi connectivity index (χ1n) is 5.45. The number of hydrogen-bond donors (Lipinski definition) is 1. The smallest absolute Gasteiger partial charge is 0.269 e. The van der Waals surface area contributed by atoms with Gasteiger partial charge >= 0.3 is 0 Å². The van der Waals surface area contributed by atoms with Crippen LogP contribution in [0.1, 0.15) is 30.4 Å². The number of hydrogen-bond acceptors (Lipinski definition) is 3. The molecule has 1 N–H and O–H groups in total. The Morgan fingerprint density at radius 1 is 1.50 bits per heavy atom. The van der Waals surface area contributed by atoms with Gasteiger partial charge in [0.2, 0.25) is 0 Å². The molecule has 4 nitrogen and oxygen atoms in total. The summed E-state index contributed by atoms with van der Waals surface area (Å²) in [6.45, 7) is 2.02. The van der Waals surface area contributed by atoms with Crippen molar-refractivity contribution in [2.75, 3.05) is 6.61 Å². The Balaban J connectivity index is 2.46. The van der Waals surface area contributed by atoms with Crippen molar-refractivity contribution in [2.24, 2.45) is 0 Å². The molecule has 0 aromatic heterocycles. The fourth-order valence-corrected chi connectivity index (χ4v) is 2.41. The Kier molecular flexibility index (Phi) is 2.68. The SMILES string of the molecule is Cc1ccc([N+](=O)[O-])cc1C1(CO)CCC1. The lowest BCUT2D eigenvalue weighted by Gasteiger charge is -2.41. The fourth-order valence-electron chi connectivity index (χ4n) is 2.41. The molecule has 1 aromatic rings. The van der Waals surface area contributed by atoms with Gasteiger partial charge in [0.25, 0.3) is 5.69 Å². The van der Waals surface area contributed by atoms with Crippen LogP contribution in [0, 0.1) is 17.0 Å². The highest BCUT2D eigenvalue weighted by molar-refractivity contribution is 5.44. The van der Waals surface area contributed by atoms with Gasteiger partial charge in [-0.25, -0.2) is 0 Å². The molecule has 0 spiro atoms. The second-order valence-electron chi connectivity index (χ2n) is 4.55. The van der Waals surface area contributed by atoms with E-state index in [1.54, 1.807) is 12.1 Å². The third-order valence-electron chi connectivity index (χ3n) is 3.62. The second kappa shape index (κ2) is 3.87. The number of aryl methyl sites for hydroxylation is 1. The molecule has 0 bridgehead atoms. The number of aliphatic hydroxyl groups excluding tert-OH is 1. The van der Waals surface area contributed by atoms with Crippen molar-refractivity contribution in [3.8, 4) is 0 Å². The highest BCUT2D eigenvalue weighted by Gasteiger charge is 2.39. The summed E-state index contributed by atoms with van der Waals surface area (Å²) in [5, 5.41) is 20.2. The van der Waals surface area contributed by atoms with Crippen LogP contribution in [0.4, 0.5) is 5.69 Å². The van der Waals surface area contributed by atoms with Crippen molar-refractivity contribution in [1.82, 2.24) is 0 Å². The van der Waals surface area contributed by atoms with Crippen molar-refractivity contribution in [2.45, 2.75) is 31.6 Å². The molecule has 0 radical (unpaired) electrons. The molecule has 4 heteroatoms. The molecular formula is C12H15NO3. The Bertz CT molecular complexity index is 419. The van der Waals surface area contributed by atoms with Crippen LogP contribution in [0.15, 0.2) is 18.2 Å². The highest BCUT2D eigenvalue weighted by Crippen LogP contribution is 2.45. The minimum Gasteiger partial charge on any atom is -0.395 e. The van der Waals surface area contributed by atoms with E-state index in [1.807, 2.05) is 6.92 Å². The van der Waals surface area contributed by atoms with E-state index in [2.05, 4.69) is 0 Å². The standard InChI is InChI=1S/C12H15NO3/c1-9-3-4-10(13(15)16)7-11(9)12(8-14)5-2-6-12/h3-4,7,14H,2,5-6,8H2,1H3. The lowest BCUT2D eigenvalue weighted by Crippen LogP contribution is -2.38. The molecule has 1 fully saturated rings. The Morgan fingerprint density at radius 3 is 2.62 bits per heavy atom. The predicted octanol–water partition coefficient (Wildman–Crippen LogP) is 2.32. The quantitative estimate of drug-likeness (QED) is 0.629. The topological polar surface area (TPSA) is 63.4 Å². The Morgan fingerprint density at radius 2 is 2.19 bits per heavy atom. The summed E-state index contributed by atoms with van der Waals surface area (Å²) in [5.41, 5.74) is 1.85. The van der Waals surface area contributed by atoms with Crippen molar-refractivity contribution in [3.05, 3.63) is 39.4 Å². The van der Waals surface area contributed by atoms with E-state index in [1.165, 1.54) is 6.07 Å². The predicted molar refractivity (Wildman–Crippen MR) is 60.4 cm³/mol. The average Bonchev–Trinajstić information content (AvgIpc) is 2.19. The summed E-state index contributed by atoms with van der Waals surface area (Å²) in [6, 6.07) is 4.90. The maximum Gasteiger partial charge on any atom is 0.269 e. The maximum absolute atomic E-state index is 10.7. The average molecular weight is 221 g/mol. The Hall–Kier alpha value is -1.42. The van der Waals surface area contributed by atoms with Gasteiger partial charge < -0.3 is 5.11 Å². The third-order valence-corrected chi connectivity index (χ3v) is 3.62. The zero-order valence-electron chi connectivity index (χ0n) is 9.27. The van der Waals surface area contributed by atoms with Gasteiger partial charge in [-0.1, -0.05) is 12.5 Å². The molecular weight excluding hydrogens is 206 g/mol. The molecule has 2 rings (SSSR count). The monoisotopic (exact) mass is 221 g/mol. The van der Waals surface area contributed by atoms with E-state index in [9.17, 15) is 15.2 Å². The van der Waals surface area contributed by atoms with Crippen molar-refractivity contribution in [1.29, 1.82) is 0 Å². The molecule has 1 aliphatic carbocycles. The molecule has 16 heavy (non-hydrogen) atoms. The minimum absolute atomic E-state index is 0.0784. The lowest BCUT2D eigenvalue weighted by atomic mass is 9.64. The summed E-state index contributed by atoms with van der Waals surface area (Å²) in [4.78, 5) is 10.3. The van der Waals surface area contributed by atoms with E-state index < -0.39 is 0 Å². The summed E-state index contributed by atoms with van der Waals surface area (Å²) in [6.07, 6.45) is 2.93.